The molecule has 0 radical (unpaired) electrons. The predicted octanol–water partition coefficient (Wildman–Crippen LogP) is 4.47. The van der Waals surface area contributed by atoms with E-state index in [1.54, 1.807) is 26.8 Å². The number of aromatic nitrogens is 1. The third-order valence-corrected chi connectivity index (χ3v) is 6.25. The number of thiophene rings is 1. The van der Waals surface area contributed by atoms with Crippen LogP contribution in [0.5, 0.6) is 5.75 Å². The van der Waals surface area contributed by atoms with Crippen LogP contribution in [0.15, 0.2) is 30.3 Å². The molecule has 0 saturated heterocycles. The van der Waals surface area contributed by atoms with Crippen LogP contribution in [0.25, 0.3) is 10.4 Å². The van der Waals surface area contributed by atoms with Gasteiger partial charge in [-0.2, -0.15) is 0 Å². The lowest BCUT2D eigenvalue weighted by Crippen LogP contribution is -2.15. The summed E-state index contributed by atoms with van der Waals surface area (Å²) in [6.07, 6.45) is 0. The van der Waals surface area contributed by atoms with E-state index in [0.29, 0.717) is 28.3 Å². The summed E-state index contributed by atoms with van der Waals surface area (Å²) in [6.45, 7) is 5.26. The largest absolute Gasteiger partial charge is 0.488 e. The lowest BCUT2D eigenvalue weighted by Gasteiger charge is -2.16. The third-order valence-electron chi connectivity index (χ3n) is 5.06. The number of aryl methyl sites for hydroxylation is 1. The van der Waals surface area contributed by atoms with Crippen molar-refractivity contribution in [2.75, 3.05) is 13.2 Å². The molecule has 1 N–H and O–H groups in total. The summed E-state index contributed by atoms with van der Waals surface area (Å²) in [6, 6.07) is 9.39. The molecule has 4 rings (SSSR count). The Kier molecular flexibility index (Phi) is 5.65. The number of ketones is 1. The van der Waals surface area contributed by atoms with Crippen molar-refractivity contribution in [1.82, 2.24) is 4.98 Å². The predicted molar refractivity (Wildman–Crippen MR) is 115 cm³/mol. The van der Waals surface area contributed by atoms with Crippen LogP contribution in [0.4, 0.5) is 0 Å². The normalized spacial score (nSPS) is 11.8. The number of carbonyl (C=O) groups excluding carboxylic acids is 3. The Hall–Kier alpha value is -3.39. The van der Waals surface area contributed by atoms with Gasteiger partial charge >= 0.3 is 11.9 Å². The Morgan fingerprint density at radius 1 is 1.13 bits per heavy atom. The molecule has 0 fully saturated rings. The summed E-state index contributed by atoms with van der Waals surface area (Å²) in [5.74, 6) is -0.699. The fourth-order valence-corrected chi connectivity index (χ4v) is 4.70. The van der Waals surface area contributed by atoms with Gasteiger partial charge in [-0.3, -0.25) is 4.79 Å². The second kappa shape index (κ2) is 8.39. The van der Waals surface area contributed by atoms with Crippen molar-refractivity contribution < 1.29 is 28.6 Å². The summed E-state index contributed by atoms with van der Waals surface area (Å²) in [7, 11) is 0. The van der Waals surface area contributed by atoms with Gasteiger partial charge < -0.3 is 19.2 Å². The molecule has 1 aliphatic rings. The number of hydrogen-bond acceptors (Lipinski definition) is 7. The van der Waals surface area contributed by atoms with Crippen molar-refractivity contribution in [3.63, 3.8) is 0 Å². The lowest BCUT2D eigenvalue weighted by molar-refractivity contribution is 0.0477. The van der Waals surface area contributed by atoms with Crippen LogP contribution in [0.2, 0.25) is 0 Å². The van der Waals surface area contributed by atoms with E-state index in [1.165, 1.54) is 11.3 Å². The number of H-pyrrole nitrogens is 1. The van der Waals surface area contributed by atoms with E-state index in [9.17, 15) is 14.4 Å². The minimum absolute atomic E-state index is 0.237. The first-order chi connectivity index (χ1) is 14.9. The fourth-order valence-electron chi connectivity index (χ4n) is 3.61. The zero-order valence-electron chi connectivity index (χ0n) is 17.4. The number of benzene rings is 1. The van der Waals surface area contributed by atoms with Crippen LogP contribution < -0.4 is 4.74 Å². The maximum absolute atomic E-state index is 12.6. The van der Waals surface area contributed by atoms with Gasteiger partial charge in [-0.15, -0.1) is 11.3 Å². The van der Waals surface area contributed by atoms with E-state index in [1.807, 2.05) is 24.3 Å². The quantitative estimate of drug-likeness (QED) is 0.450. The van der Waals surface area contributed by atoms with Gasteiger partial charge in [0.25, 0.3) is 0 Å². The second-order valence-electron chi connectivity index (χ2n) is 7.09. The van der Waals surface area contributed by atoms with Gasteiger partial charge in [-0.25, -0.2) is 9.59 Å². The van der Waals surface area contributed by atoms with Crippen LogP contribution in [-0.2, 0) is 16.1 Å². The number of ether oxygens (including phenoxy) is 3. The lowest BCUT2D eigenvalue weighted by atomic mass is 10.1. The first kappa shape index (κ1) is 20.9. The van der Waals surface area contributed by atoms with Crippen molar-refractivity contribution in [2.24, 2.45) is 0 Å². The molecule has 2 aromatic heterocycles. The van der Waals surface area contributed by atoms with Crippen LogP contribution >= 0.6 is 11.3 Å². The van der Waals surface area contributed by atoms with Gasteiger partial charge in [0.05, 0.1) is 17.9 Å². The van der Waals surface area contributed by atoms with E-state index in [2.05, 4.69) is 4.98 Å². The van der Waals surface area contributed by atoms with Crippen LogP contribution in [0, 0.1) is 13.8 Å². The number of Topliss-reactive ketones (excluding diaryl/α,β-unsaturated/α-hetero) is 1. The SMILES string of the molecule is CCOC(=O)c1c(C)[nH]c(C(=O)COC(=O)c2cc3c(s2)-c2ccccc2OC3)c1C. The minimum atomic E-state index is -0.572. The van der Waals surface area contributed by atoms with E-state index >= 15 is 0 Å². The first-order valence-corrected chi connectivity index (χ1v) is 10.6. The Morgan fingerprint density at radius 3 is 2.68 bits per heavy atom. The van der Waals surface area contributed by atoms with E-state index in [-0.39, 0.29) is 12.3 Å². The highest BCUT2D eigenvalue weighted by atomic mass is 32.1. The van der Waals surface area contributed by atoms with Crippen molar-refractivity contribution >= 4 is 29.1 Å². The Labute approximate surface area is 182 Å². The summed E-state index contributed by atoms with van der Waals surface area (Å²) in [5.41, 5.74) is 3.44. The summed E-state index contributed by atoms with van der Waals surface area (Å²) < 4.78 is 16.0. The zero-order chi connectivity index (χ0) is 22.1. The molecule has 0 bridgehead atoms. The molecule has 0 saturated carbocycles. The molecule has 0 spiro atoms. The summed E-state index contributed by atoms with van der Waals surface area (Å²) >= 11 is 1.32. The summed E-state index contributed by atoms with van der Waals surface area (Å²) in [4.78, 5) is 41.6. The van der Waals surface area contributed by atoms with E-state index < -0.39 is 24.3 Å². The average Bonchev–Trinajstić information content (AvgIpc) is 3.33. The van der Waals surface area contributed by atoms with Gasteiger partial charge in [0.1, 0.15) is 17.2 Å². The monoisotopic (exact) mass is 439 g/mol. The smallest absolute Gasteiger partial charge is 0.348 e. The van der Waals surface area contributed by atoms with Gasteiger partial charge in [0.2, 0.25) is 5.78 Å². The van der Waals surface area contributed by atoms with Crippen LogP contribution in [0.3, 0.4) is 0 Å². The number of rotatable bonds is 6. The number of para-hydroxylation sites is 1. The van der Waals surface area contributed by atoms with Gasteiger partial charge in [0.15, 0.2) is 6.61 Å². The molecule has 0 unspecified atom stereocenters. The van der Waals surface area contributed by atoms with Crippen LogP contribution in [-0.4, -0.2) is 35.9 Å². The van der Waals surface area contributed by atoms with E-state index in [4.69, 9.17) is 14.2 Å². The highest BCUT2D eigenvalue weighted by Crippen LogP contribution is 2.42. The molecule has 160 valence electrons. The van der Waals surface area contributed by atoms with Crippen molar-refractivity contribution in [3.8, 4) is 16.2 Å². The highest BCUT2D eigenvalue weighted by Gasteiger charge is 2.26. The van der Waals surface area contributed by atoms with Crippen molar-refractivity contribution in [1.29, 1.82) is 0 Å². The number of fused-ring (bicyclic) bond motifs is 3. The average molecular weight is 439 g/mol. The third kappa shape index (κ3) is 3.86. The maximum atomic E-state index is 12.6. The molecule has 3 heterocycles. The topological polar surface area (TPSA) is 94.7 Å². The van der Waals surface area contributed by atoms with Gasteiger partial charge in [-0.1, -0.05) is 12.1 Å². The molecule has 0 atom stereocenters. The van der Waals surface area contributed by atoms with Crippen LogP contribution in [0.1, 0.15) is 54.3 Å². The van der Waals surface area contributed by atoms with Gasteiger partial charge in [0, 0.05) is 21.7 Å². The Bertz CT molecular complexity index is 1190. The molecule has 7 nitrogen and oxygen atoms in total. The number of carbonyl (C=O) groups is 3. The molecule has 1 aliphatic heterocycles. The number of hydrogen-bond donors (Lipinski definition) is 1. The molecule has 0 amide bonds. The molecular weight excluding hydrogens is 418 g/mol. The minimum Gasteiger partial charge on any atom is -0.488 e. The molecule has 0 aliphatic carbocycles. The molecular formula is C23H21NO6S. The first-order valence-electron chi connectivity index (χ1n) is 9.82. The van der Waals surface area contributed by atoms with Gasteiger partial charge in [-0.05, 0) is 44.5 Å². The Balaban J connectivity index is 1.47. The molecule has 8 heteroatoms. The maximum Gasteiger partial charge on any atom is 0.348 e. The van der Waals surface area contributed by atoms with E-state index in [0.717, 1.165) is 21.8 Å². The standard InChI is InChI=1S/C23H21NO6S/c1-4-28-23(27)19-12(2)20(24-13(19)3)16(25)11-30-22(26)18-9-14-10-29-17-8-6-5-7-15(17)21(14)31-18/h5-9,24H,4,10-11H2,1-3H3. The van der Waals surface area contributed by atoms with Crippen molar-refractivity contribution in [3.05, 3.63) is 63.3 Å². The molecule has 31 heavy (non-hydrogen) atoms. The second-order valence-corrected chi connectivity index (χ2v) is 8.15. The molecule has 3 aromatic rings. The highest BCUT2D eigenvalue weighted by molar-refractivity contribution is 7.17. The fraction of sp³-hybridized carbons (Fsp3) is 0.261. The van der Waals surface area contributed by atoms with Crippen molar-refractivity contribution in [2.45, 2.75) is 27.4 Å². The zero-order valence-corrected chi connectivity index (χ0v) is 18.2. The summed E-state index contributed by atoms with van der Waals surface area (Å²) in [5, 5.41) is 0. The molecule has 1 aromatic carbocycles. The number of nitrogens with one attached hydrogen (secondary N) is 1. The number of esters is 2. The Morgan fingerprint density at radius 2 is 1.90 bits per heavy atom. The number of aromatic amines is 1.